The molecule has 10 heteroatoms. The molecule has 2 amide bonds. The number of hydrogen-bond acceptors (Lipinski definition) is 4. The van der Waals surface area contributed by atoms with E-state index in [1.54, 1.807) is 85.8 Å². The van der Waals surface area contributed by atoms with Crippen LogP contribution in [0.2, 0.25) is 0 Å². The largest absolute Gasteiger partial charge is 0.314 e. The van der Waals surface area contributed by atoms with Crippen molar-refractivity contribution in [3.63, 3.8) is 0 Å². The van der Waals surface area contributed by atoms with Gasteiger partial charge in [0.05, 0.1) is 22.8 Å². The van der Waals surface area contributed by atoms with Crippen molar-refractivity contribution in [1.29, 1.82) is 0 Å². The van der Waals surface area contributed by atoms with E-state index in [9.17, 15) is 19.2 Å². The van der Waals surface area contributed by atoms with Gasteiger partial charge in [-0.3, -0.25) is 28.5 Å². The fourth-order valence-corrected chi connectivity index (χ4v) is 3.77. The minimum atomic E-state index is -1.06. The molecule has 0 fully saturated rings. The lowest BCUT2D eigenvalue weighted by molar-refractivity contribution is -0.133. The molecule has 0 aliphatic carbocycles. The first-order valence-electron chi connectivity index (χ1n) is 10.5. The highest BCUT2D eigenvalue weighted by molar-refractivity contribution is 6.43. The molecule has 0 saturated heterocycles. The van der Waals surface area contributed by atoms with Crippen LogP contribution in [0.25, 0.3) is 11.4 Å². The molecule has 0 spiro atoms. The van der Waals surface area contributed by atoms with Crippen molar-refractivity contribution in [3.05, 3.63) is 92.8 Å². The number of aromatic nitrogens is 4. The fraction of sp³-hybridized carbons (Fsp3) is 0.167. The molecule has 2 aromatic carbocycles. The average Bonchev–Trinajstić information content (AvgIpc) is 3.18. The monoisotopic (exact) mass is 460 g/mol. The van der Waals surface area contributed by atoms with Crippen molar-refractivity contribution >= 4 is 23.2 Å². The van der Waals surface area contributed by atoms with Crippen LogP contribution in [0.4, 0.5) is 11.4 Å². The first-order chi connectivity index (χ1) is 16.2. The first kappa shape index (κ1) is 22.6. The Morgan fingerprint density at radius 1 is 0.618 bits per heavy atom. The molecule has 0 unspecified atom stereocenters. The second-order valence-corrected chi connectivity index (χ2v) is 7.78. The van der Waals surface area contributed by atoms with E-state index in [0.29, 0.717) is 22.8 Å². The summed E-state index contributed by atoms with van der Waals surface area (Å²) in [5, 5.41) is 4.80. The van der Waals surface area contributed by atoms with Crippen molar-refractivity contribution in [2.45, 2.75) is 13.8 Å². The highest BCUT2D eigenvalue weighted by Crippen LogP contribution is 2.16. The number of para-hydroxylation sites is 2. The predicted octanol–water partition coefficient (Wildman–Crippen LogP) is 1.86. The number of carbonyl (C=O) groups excluding carboxylic acids is 2. The van der Waals surface area contributed by atoms with Crippen LogP contribution in [0.5, 0.6) is 0 Å². The quantitative estimate of drug-likeness (QED) is 0.453. The summed E-state index contributed by atoms with van der Waals surface area (Å²) in [6, 6.07) is 17.9. The van der Waals surface area contributed by atoms with Gasteiger partial charge in [-0.15, -0.1) is 0 Å². The van der Waals surface area contributed by atoms with Crippen molar-refractivity contribution in [2.24, 2.45) is 14.1 Å². The van der Waals surface area contributed by atoms with E-state index in [2.05, 4.69) is 10.6 Å². The van der Waals surface area contributed by atoms with Gasteiger partial charge >= 0.3 is 11.8 Å². The summed E-state index contributed by atoms with van der Waals surface area (Å²) >= 11 is 0. The SMILES string of the molecule is Cc1c(NC(=O)C(=O)Nc2c(C)n(C)n(-c3ccccc3)c2=O)c(=O)n(-c2ccccc2)n1C. The van der Waals surface area contributed by atoms with Gasteiger partial charge in [0.2, 0.25) is 0 Å². The fourth-order valence-electron chi connectivity index (χ4n) is 3.77. The van der Waals surface area contributed by atoms with Gasteiger partial charge < -0.3 is 10.6 Å². The molecule has 0 saturated carbocycles. The van der Waals surface area contributed by atoms with Crippen molar-refractivity contribution in [2.75, 3.05) is 10.6 Å². The van der Waals surface area contributed by atoms with Crippen LogP contribution < -0.4 is 21.8 Å². The number of nitrogens with zero attached hydrogens (tertiary/aromatic N) is 4. The minimum absolute atomic E-state index is 0.0158. The lowest BCUT2D eigenvalue weighted by Gasteiger charge is -2.07. The van der Waals surface area contributed by atoms with E-state index < -0.39 is 22.9 Å². The van der Waals surface area contributed by atoms with E-state index in [1.807, 2.05) is 12.1 Å². The first-order valence-corrected chi connectivity index (χ1v) is 10.5. The number of hydrogen-bond donors (Lipinski definition) is 2. The smallest absolute Gasteiger partial charge is 0.312 e. The third-order valence-corrected chi connectivity index (χ3v) is 5.79. The number of anilines is 2. The van der Waals surface area contributed by atoms with E-state index >= 15 is 0 Å². The Morgan fingerprint density at radius 3 is 1.26 bits per heavy atom. The molecule has 2 N–H and O–H groups in total. The van der Waals surface area contributed by atoms with Crippen LogP contribution in [-0.2, 0) is 23.7 Å². The van der Waals surface area contributed by atoms with Gasteiger partial charge in [-0.25, -0.2) is 9.36 Å². The Bertz CT molecular complexity index is 1390. The molecule has 34 heavy (non-hydrogen) atoms. The molecular formula is C24H24N6O4. The van der Waals surface area contributed by atoms with Crippen LogP contribution in [-0.4, -0.2) is 30.5 Å². The predicted molar refractivity (Wildman–Crippen MR) is 129 cm³/mol. The second kappa shape index (κ2) is 8.74. The zero-order valence-corrected chi connectivity index (χ0v) is 19.2. The van der Waals surface area contributed by atoms with Crippen molar-refractivity contribution in [3.8, 4) is 11.4 Å². The molecule has 0 aliphatic heterocycles. The van der Waals surface area contributed by atoms with E-state index in [-0.39, 0.29) is 11.4 Å². The van der Waals surface area contributed by atoms with Crippen LogP contribution in [0, 0.1) is 13.8 Å². The summed E-state index contributed by atoms with van der Waals surface area (Å²) in [6.07, 6.45) is 0. The molecule has 2 heterocycles. The summed E-state index contributed by atoms with van der Waals surface area (Å²) in [6.45, 7) is 3.32. The zero-order valence-electron chi connectivity index (χ0n) is 19.2. The van der Waals surface area contributed by atoms with E-state index in [4.69, 9.17) is 0 Å². The van der Waals surface area contributed by atoms with Crippen LogP contribution in [0.3, 0.4) is 0 Å². The van der Waals surface area contributed by atoms with E-state index in [1.165, 1.54) is 9.36 Å². The van der Waals surface area contributed by atoms with Crippen LogP contribution >= 0.6 is 0 Å². The topological polar surface area (TPSA) is 112 Å². The Labute approximate surface area is 194 Å². The number of carbonyl (C=O) groups is 2. The Morgan fingerprint density at radius 2 is 0.941 bits per heavy atom. The van der Waals surface area contributed by atoms with Gasteiger partial charge in [0.1, 0.15) is 11.4 Å². The van der Waals surface area contributed by atoms with Gasteiger partial charge in [-0.05, 0) is 38.1 Å². The minimum Gasteiger partial charge on any atom is -0.312 e. The lowest BCUT2D eigenvalue weighted by Crippen LogP contribution is -2.33. The summed E-state index contributed by atoms with van der Waals surface area (Å²) in [7, 11) is 3.36. The normalized spacial score (nSPS) is 10.8. The number of nitrogens with one attached hydrogen (secondary N) is 2. The molecule has 4 rings (SSSR count). The molecule has 10 nitrogen and oxygen atoms in total. The van der Waals surface area contributed by atoms with Gasteiger partial charge in [-0.2, -0.15) is 0 Å². The third-order valence-electron chi connectivity index (χ3n) is 5.79. The maximum atomic E-state index is 13.0. The van der Waals surface area contributed by atoms with Gasteiger partial charge in [0.25, 0.3) is 11.1 Å². The Balaban J connectivity index is 1.61. The molecular weight excluding hydrogens is 436 g/mol. The number of rotatable bonds is 4. The standard InChI is InChI=1S/C24H24N6O4/c1-15-19(23(33)29(27(15)3)17-11-7-5-8-12-17)25-21(31)22(32)26-20-16(2)28(4)30(24(20)34)18-13-9-6-10-14-18/h5-14H,1-4H3,(H,25,31)(H,26,32). The third kappa shape index (κ3) is 3.75. The average molecular weight is 460 g/mol. The van der Waals surface area contributed by atoms with Crippen LogP contribution in [0.1, 0.15) is 11.4 Å². The molecule has 174 valence electrons. The maximum Gasteiger partial charge on any atom is 0.314 e. The van der Waals surface area contributed by atoms with Crippen molar-refractivity contribution in [1.82, 2.24) is 18.7 Å². The van der Waals surface area contributed by atoms with Crippen molar-refractivity contribution < 1.29 is 9.59 Å². The summed E-state index contributed by atoms with van der Waals surface area (Å²) in [4.78, 5) is 51.3. The highest BCUT2D eigenvalue weighted by Gasteiger charge is 2.24. The van der Waals surface area contributed by atoms with Crippen LogP contribution in [0.15, 0.2) is 70.3 Å². The van der Waals surface area contributed by atoms with E-state index in [0.717, 1.165) is 0 Å². The molecule has 0 aliphatic rings. The maximum absolute atomic E-state index is 13.0. The summed E-state index contributed by atoms with van der Waals surface area (Å²) in [5.74, 6) is -2.11. The Kier molecular flexibility index (Phi) is 5.80. The molecule has 2 aromatic heterocycles. The number of amides is 2. The summed E-state index contributed by atoms with van der Waals surface area (Å²) in [5.41, 5.74) is 1.18. The molecule has 0 atom stereocenters. The number of benzene rings is 2. The zero-order chi connectivity index (χ0) is 24.6. The second-order valence-electron chi connectivity index (χ2n) is 7.78. The lowest BCUT2D eigenvalue weighted by atomic mass is 10.3. The molecule has 4 aromatic rings. The highest BCUT2D eigenvalue weighted by atomic mass is 16.2. The van der Waals surface area contributed by atoms with Gasteiger partial charge in [0, 0.05) is 14.1 Å². The van der Waals surface area contributed by atoms with Gasteiger partial charge in [0.15, 0.2) is 0 Å². The molecule has 0 bridgehead atoms. The summed E-state index contributed by atoms with van der Waals surface area (Å²) < 4.78 is 5.96. The van der Waals surface area contributed by atoms with Gasteiger partial charge in [-0.1, -0.05) is 36.4 Å². The Hall–Kier alpha value is -4.60. The molecule has 0 radical (unpaired) electrons.